The molecular weight excluding hydrogens is 224 g/mol. The van der Waals surface area contributed by atoms with Crippen LogP contribution in [-0.4, -0.2) is 12.1 Å². The second-order valence-corrected chi connectivity index (χ2v) is 4.61. The van der Waals surface area contributed by atoms with E-state index in [2.05, 4.69) is 23.2 Å². The van der Waals surface area contributed by atoms with Gasteiger partial charge in [-0.05, 0) is 42.2 Å². The molecule has 2 N–H and O–H groups in total. The van der Waals surface area contributed by atoms with Gasteiger partial charge in [0.05, 0.1) is 7.11 Å². The quantitative estimate of drug-likeness (QED) is 0.878. The summed E-state index contributed by atoms with van der Waals surface area (Å²) in [7, 11) is 1.67. The van der Waals surface area contributed by atoms with Gasteiger partial charge in [-0.15, -0.1) is 0 Å². The smallest absolute Gasteiger partial charge is 0.145 e. The predicted octanol–water partition coefficient (Wildman–Crippen LogP) is 2.70. The highest BCUT2D eigenvalue weighted by Gasteiger charge is 2.19. The molecule has 1 aliphatic rings. The molecule has 3 rings (SSSR count). The van der Waals surface area contributed by atoms with Crippen LogP contribution < -0.4 is 10.5 Å². The Bertz CT molecular complexity index is 580. The maximum atomic E-state index is 6.05. The first-order valence-corrected chi connectivity index (χ1v) is 6.17. The number of benzene rings is 1. The summed E-state index contributed by atoms with van der Waals surface area (Å²) < 4.78 is 5.35. The van der Waals surface area contributed by atoms with E-state index < -0.39 is 0 Å². The minimum Gasteiger partial charge on any atom is -0.494 e. The van der Waals surface area contributed by atoms with Crippen LogP contribution >= 0.6 is 0 Å². The van der Waals surface area contributed by atoms with Crippen molar-refractivity contribution in [1.82, 2.24) is 4.98 Å². The largest absolute Gasteiger partial charge is 0.494 e. The Hall–Kier alpha value is -1.87. The number of nitrogens with zero attached hydrogens (tertiary/aromatic N) is 1. The van der Waals surface area contributed by atoms with Gasteiger partial charge in [-0.25, -0.2) is 0 Å². The molecule has 92 valence electrons. The van der Waals surface area contributed by atoms with Crippen LogP contribution in [0, 0.1) is 0 Å². The van der Waals surface area contributed by atoms with Gasteiger partial charge in [-0.1, -0.05) is 12.1 Å². The molecule has 2 aromatic rings. The lowest BCUT2D eigenvalue weighted by atomic mass is 10.0. The fraction of sp³-hybridized carbons (Fsp3) is 0.267. The molecule has 1 atom stereocenters. The van der Waals surface area contributed by atoms with E-state index in [-0.39, 0.29) is 6.04 Å². The van der Waals surface area contributed by atoms with E-state index in [9.17, 15) is 0 Å². The number of hydrogen-bond acceptors (Lipinski definition) is 3. The molecule has 18 heavy (non-hydrogen) atoms. The SMILES string of the molecule is COc1cccnc1-c1ccc2c(c1)CCC2N. The van der Waals surface area contributed by atoms with Crippen molar-refractivity contribution in [1.29, 1.82) is 0 Å². The fourth-order valence-corrected chi connectivity index (χ4v) is 2.57. The Labute approximate surface area is 107 Å². The van der Waals surface area contributed by atoms with Crippen molar-refractivity contribution in [3.63, 3.8) is 0 Å². The van der Waals surface area contributed by atoms with Crippen LogP contribution in [0.15, 0.2) is 36.5 Å². The number of hydrogen-bond donors (Lipinski definition) is 1. The lowest BCUT2D eigenvalue weighted by Crippen LogP contribution is -2.04. The van der Waals surface area contributed by atoms with Gasteiger partial charge < -0.3 is 10.5 Å². The number of ether oxygens (including phenoxy) is 1. The molecule has 3 heteroatoms. The van der Waals surface area contributed by atoms with Crippen molar-refractivity contribution < 1.29 is 4.74 Å². The Morgan fingerprint density at radius 1 is 1.33 bits per heavy atom. The van der Waals surface area contributed by atoms with Crippen molar-refractivity contribution in [2.75, 3.05) is 7.11 Å². The fourth-order valence-electron chi connectivity index (χ4n) is 2.57. The predicted molar refractivity (Wildman–Crippen MR) is 71.5 cm³/mol. The first-order valence-electron chi connectivity index (χ1n) is 6.17. The Kier molecular flexibility index (Phi) is 2.76. The van der Waals surface area contributed by atoms with Crippen LogP contribution in [0.5, 0.6) is 5.75 Å². The summed E-state index contributed by atoms with van der Waals surface area (Å²) in [5, 5.41) is 0. The summed E-state index contributed by atoms with van der Waals surface area (Å²) in [5.74, 6) is 0.805. The van der Waals surface area contributed by atoms with E-state index in [0.29, 0.717) is 0 Å². The van der Waals surface area contributed by atoms with Crippen molar-refractivity contribution >= 4 is 0 Å². The summed E-state index contributed by atoms with van der Waals surface area (Å²) in [6.45, 7) is 0. The molecule has 0 bridgehead atoms. The molecule has 0 aliphatic heterocycles. The van der Waals surface area contributed by atoms with E-state index in [4.69, 9.17) is 10.5 Å². The normalized spacial score (nSPS) is 17.6. The number of pyridine rings is 1. The summed E-state index contributed by atoms with van der Waals surface area (Å²) in [6.07, 6.45) is 3.88. The topological polar surface area (TPSA) is 48.1 Å². The summed E-state index contributed by atoms with van der Waals surface area (Å²) in [5.41, 5.74) is 10.7. The van der Waals surface area contributed by atoms with Crippen molar-refractivity contribution in [3.8, 4) is 17.0 Å². The maximum absolute atomic E-state index is 6.05. The van der Waals surface area contributed by atoms with E-state index in [1.54, 1.807) is 13.3 Å². The average Bonchev–Trinajstić information content (AvgIpc) is 2.80. The van der Waals surface area contributed by atoms with Gasteiger partial charge in [0.1, 0.15) is 11.4 Å². The molecule has 0 spiro atoms. The van der Waals surface area contributed by atoms with Crippen LogP contribution in [-0.2, 0) is 6.42 Å². The number of aryl methyl sites for hydroxylation is 1. The van der Waals surface area contributed by atoms with Crippen molar-refractivity contribution in [2.24, 2.45) is 5.73 Å². The molecule has 0 saturated carbocycles. The first-order chi connectivity index (χ1) is 8.79. The summed E-state index contributed by atoms with van der Waals surface area (Å²) >= 11 is 0. The zero-order chi connectivity index (χ0) is 12.5. The van der Waals surface area contributed by atoms with Gasteiger partial charge in [0.25, 0.3) is 0 Å². The Balaban J connectivity index is 2.08. The lowest BCUT2D eigenvalue weighted by Gasteiger charge is -2.09. The maximum Gasteiger partial charge on any atom is 0.145 e. The number of rotatable bonds is 2. The Morgan fingerprint density at radius 2 is 2.22 bits per heavy atom. The Morgan fingerprint density at radius 3 is 3.06 bits per heavy atom. The van der Waals surface area contributed by atoms with Crippen molar-refractivity contribution in [3.05, 3.63) is 47.7 Å². The van der Waals surface area contributed by atoms with Gasteiger partial charge in [0.15, 0.2) is 0 Å². The minimum atomic E-state index is 0.194. The molecule has 0 radical (unpaired) electrons. The second-order valence-electron chi connectivity index (χ2n) is 4.61. The third kappa shape index (κ3) is 1.77. The van der Waals surface area contributed by atoms with Gasteiger partial charge in [-0.2, -0.15) is 0 Å². The third-order valence-corrected chi connectivity index (χ3v) is 3.53. The van der Waals surface area contributed by atoms with Crippen LogP contribution in [0.1, 0.15) is 23.6 Å². The molecular formula is C15H16N2O. The van der Waals surface area contributed by atoms with Gasteiger partial charge in [-0.3, -0.25) is 4.98 Å². The zero-order valence-corrected chi connectivity index (χ0v) is 10.4. The van der Waals surface area contributed by atoms with E-state index in [1.165, 1.54) is 11.1 Å². The highest BCUT2D eigenvalue weighted by molar-refractivity contribution is 5.67. The average molecular weight is 240 g/mol. The molecule has 1 heterocycles. The number of nitrogens with two attached hydrogens (primary N) is 1. The number of methoxy groups -OCH3 is 1. The number of fused-ring (bicyclic) bond motifs is 1. The van der Waals surface area contributed by atoms with Crippen LogP contribution in [0.25, 0.3) is 11.3 Å². The second kappa shape index (κ2) is 4.42. The van der Waals surface area contributed by atoms with Crippen LogP contribution in [0.3, 0.4) is 0 Å². The minimum absolute atomic E-state index is 0.194. The van der Waals surface area contributed by atoms with Crippen LogP contribution in [0.4, 0.5) is 0 Å². The first kappa shape index (κ1) is 11.2. The monoisotopic (exact) mass is 240 g/mol. The molecule has 0 amide bonds. The van der Waals surface area contributed by atoms with Gasteiger partial charge >= 0.3 is 0 Å². The van der Waals surface area contributed by atoms with E-state index >= 15 is 0 Å². The van der Waals surface area contributed by atoms with E-state index in [0.717, 1.165) is 29.8 Å². The summed E-state index contributed by atoms with van der Waals surface area (Å²) in [6, 6.07) is 10.4. The molecule has 1 aromatic carbocycles. The highest BCUT2D eigenvalue weighted by atomic mass is 16.5. The molecule has 1 unspecified atom stereocenters. The lowest BCUT2D eigenvalue weighted by molar-refractivity contribution is 0.415. The summed E-state index contributed by atoms with van der Waals surface area (Å²) in [4.78, 5) is 4.41. The zero-order valence-electron chi connectivity index (χ0n) is 10.4. The molecule has 1 aliphatic carbocycles. The number of aromatic nitrogens is 1. The standard InChI is InChI=1S/C15H16N2O/c1-18-14-3-2-8-17-15(14)11-4-6-12-10(9-11)5-7-13(12)16/h2-4,6,8-9,13H,5,7,16H2,1H3. The highest BCUT2D eigenvalue weighted by Crippen LogP contribution is 2.34. The van der Waals surface area contributed by atoms with Gasteiger partial charge in [0, 0.05) is 17.8 Å². The van der Waals surface area contributed by atoms with Gasteiger partial charge in [0.2, 0.25) is 0 Å². The van der Waals surface area contributed by atoms with E-state index in [1.807, 2.05) is 12.1 Å². The third-order valence-electron chi connectivity index (χ3n) is 3.53. The molecule has 0 saturated heterocycles. The molecule has 1 aromatic heterocycles. The molecule has 3 nitrogen and oxygen atoms in total. The van der Waals surface area contributed by atoms with Crippen molar-refractivity contribution in [2.45, 2.75) is 18.9 Å². The van der Waals surface area contributed by atoms with Crippen LogP contribution in [0.2, 0.25) is 0 Å². The molecule has 0 fully saturated rings.